The second kappa shape index (κ2) is 8.43. The molecule has 1 heterocycles. The maximum atomic E-state index is 12.3. The molecule has 0 saturated heterocycles. The number of fused-ring (bicyclic) bond motifs is 1. The lowest BCUT2D eigenvalue weighted by Gasteiger charge is -2.21. The molecule has 1 aliphatic heterocycles. The third-order valence-electron chi connectivity index (χ3n) is 3.45. The van der Waals surface area contributed by atoms with Gasteiger partial charge in [0, 0.05) is 22.6 Å². The number of carbonyl (C=O) groups excluding carboxylic acids is 4. The predicted octanol–water partition coefficient (Wildman–Crippen LogP) is 2.29. The highest BCUT2D eigenvalue weighted by atomic mass is 32.2. The number of ether oxygens (including phenoxy) is 1. The van der Waals surface area contributed by atoms with Gasteiger partial charge in [0.15, 0.2) is 6.10 Å². The molecule has 2 rings (SSSR count). The third-order valence-corrected chi connectivity index (χ3v) is 4.53. The largest absolute Gasteiger partial charge is 0.449 e. The summed E-state index contributed by atoms with van der Waals surface area (Å²) in [7, 11) is 0. The zero-order valence-corrected chi connectivity index (χ0v) is 16.5. The number of anilines is 1. The van der Waals surface area contributed by atoms with Crippen molar-refractivity contribution in [1.29, 1.82) is 0 Å². The average molecular weight is 393 g/mol. The molecule has 1 atom stereocenters. The molecule has 0 radical (unpaired) electrons. The van der Waals surface area contributed by atoms with Crippen LogP contribution in [0.15, 0.2) is 23.1 Å². The van der Waals surface area contributed by atoms with Crippen LogP contribution in [-0.2, 0) is 14.3 Å². The van der Waals surface area contributed by atoms with Crippen LogP contribution >= 0.6 is 11.8 Å². The van der Waals surface area contributed by atoms with E-state index in [1.54, 1.807) is 32.9 Å². The molecule has 0 saturated carbocycles. The number of esters is 1. The molecule has 1 aromatic carbocycles. The average Bonchev–Trinajstić information content (AvgIpc) is 2.72. The second-order valence-corrected chi connectivity index (χ2v) is 8.24. The molecule has 0 aliphatic carbocycles. The van der Waals surface area contributed by atoms with Crippen LogP contribution in [0.25, 0.3) is 0 Å². The first kappa shape index (κ1) is 20.8. The summed E-state index contributed by atoms with van der Waals surface area (Å²) in [5.74, 6) is -0.913. The van der Waals surface area contributed by atoms with Gasteiger partial charge in [0.25, 0.3) is 5.91 Å². The molecular formula is C18H23N3O5S. The van der Waals surface area contributed by atoms with Crippen LogP contribution < -0.4 is 16.0 Å². The first-order valence-corrected chi connectivity index (χ1v) is 9.44. The van der Waals surface area contributed by atoms with Gasteiger partial charge >= 0.3 is 12.0 Å². The number of amides is 4. The minimum atomic E-state index is -1.16. The van der Waals surface area contributed by atoms with Crippen molar-refractivity contribution in [3.05, 3.63) is 23.8 Å². The number of hydrogen-bond acceptors (Lipinski definition) is 6. The minimum Gasteiger partial charge on any atom is -0.449 e. The monoisotopic (exact) mass is 393 g/mol. The number of thioether (sulfide) groups is 1. The van der Waals surface area contributed by atoms with Gasteiger partial charge in [-0.3, -0.25) is 14.9 Å². The van der Waals surface area contributed by atoms with E-state index >= 15 is 0 Å². The third kappa shape index (κ3) is 6.28. The van der Waals surface area contributed by atoms with Crippen molar-refractivity contribution < 1.29 is 23.9 Å². The molecule has 4 amide bonds. The Hall–Kier alpha value is -2.55. The van der Waals surface area contributed by atoms with E-state index in [2.05, 4.69) is 16.0 Å². The molecule has 0 unspecified atom stereocenters. The van der Waals surface area contributed by atoms with Gasteiger partial charge < -0.3 is 15.4 Å². The fourth-order valence-electron chi connectivity index (χ4n) is 2.21. The maximum Gasteiger partial charge on any atom is 0.338 e. The second-order valence-electron chi connectivity index (χ2n) is 7.10. The highest BCUT2D eigenvalue weighted by Crippen LogP contribution is 2.31. The van der Waals surface area contributed by atoms with Crippen molar-refractivity contribution in [1.82, 2.24) is 10.6 Å². The first-order valence-electron chi connectivity index (χ1n) is 8.46. The number of nitrogens with one attached hydrogen (secondary N) is 3. The van der Waals surface area contributed by atoms with Crippen molar-refractivity contribution in [2.75, 3.05) is 11.1 Å². The van der Waals surface area contributed by atoms with Crippen LogP contribution in [0, 0.1) is 0 Å². The van der Waals surface area contributed by atoms with E-state index in [4.69, 9.17) is 4.74 Å². The molecule has 146 valence electrons. The Kier molecular flexibility index (Phi) is 6.48. The summed E-state index contributed by atoms with van der Waals surface area (Å²) in [6.45, 7) is 6.69. The van der Waals surface area contributed by atoms with E-state index in [1.807, 2.05) is 0 Å². The van der Waals surface area contributed by atoms with Crippen LogP contribution in [0.5, 0.6) is 0 Å². The zero-order chi connectivity index (χ0) is 20.2. The molecule has 27 heavy (non-hydrogen) atoms. The van der Waals surface area contributed by atoms with E-state index in [0.29, 0.717) is 17.9 Å². The van der Waals surface area contributed by atoms with Gasteiger partial charge in [-0.05, 0) is 45.9 Å². The minimum absolute atomic E-state index is 0.121. The van der Waals surface area contributed by atoms with Crippen LogP contribution in [0.2, 0.25) is 0 Å². The molecule has 1 aromatic rings. The van der Waals surface area contributed by atoms with Gasteiger partial charge in [-0.15, -0.1) is 11.8 Å². The summed E-state index contributed by atoms with van der Waals surface area (Å²) in [4.78, 5) is 48.6. The Morgan fingerprint density at radius 3 is 2.63 bits per heavy atom. The van der Waals surface area contributed by atoms with E-state index in [0.717, 1.165) is 4.90 Å². The Bertz CT molecular complexity index is 773. The lowest BCUT2D eigenvalue weighted by atomic mass is 10.1. The summed E-state index contributed by atoms with van der Waals surface area (Å²) >= 11 is 1.52. The van der Waals surface area contributed by atoms with Crippen molar-refractivity contribution in [3.8, 4) is 0 Å². The van der Waals surface area contributed by atoms with Gasteiger partial charge in [0.05, 0.1) is 11.3 Å². The van der Waals surface area contributed by atoms with Gasteiger partial charge in [-0.2, -0.15) is 0 Å². The fraction of sp³-hybridized carbons (Fsp3) is 0.444. The Labute approximate surface area is 161 Å². The quantitative estimate of drug-likeness (QED) is 0.679. The van der Waals surface area contributed by atoms with Crippen LogP contribution in [0.4, 0.5) is 10.5 Å². The summed E-state index contributed by atoms with van der Waals surface area (Å²) in [5.41, 5.74) is 0.239. The van der Waals surface area contributed by atoms with Gasteiger partial charge in [-0.1, -0.05) is 0 Å². The molecule has 0 bridgehead atoms. The molecule has 1 aliphatic rings. The molecule has 0 fully saturated rings. The van der Waals surface area contributed by atoms with E-state index in [-0.39, 0.29) is 11.5 Å². The number of hydrogen-bond donors (Lipinski definition) is 3. The van der Waals surface area contributed by atoms with Crippen molar-refractivity contribution in [2.45, 2.75) is 50.7 Å². The molecular weight excluding hydrogens is 370 g/mol. The van der Waals surface area contributed by atoms with Gasteiger partial charge in [-0.25, -0.2) is 9.59 Å². The molecule has 0 aromatic heterocycles. The van der Waals surface area contributed by atoms with Crippen LogP contribution in [-0.4, -0.2) is 41.2 Å². The van der Waals surface area contributed by atoms with Crippen LogP contribution in [0.3, 0.4) is 0 Å². The lowest BCUT2D eigenvalue weighted by molar-refractivity contribution is -0.128. The number of urea groups is 1. The van der Waals surface area contributed by atoms with Gasteiger partial charge in [0.2, 0.25) is 5.91 Å². The Balaban J connectivity index is 1.99. The van der Waals surface area contributed by atoms with Crippen molar-refractivity contribution >= 4 is 41.3 Å². The summed E-state index contributed by atoms with van der Waals surface area (Å²) in [6, 6.07) is 4.15. The van der Waals surface area contributed by atoms with Crippen LogP contribution in [0.1, 0.15) is 44.5 Å². The summed E-state index contributed by atoms with van der Waals surface area (Å²) in [6.07, 6.45) is -0.765. The van der Waals surface area contributed by atoms with Gasteiger partial charge in [0.1, 0.15) is 0 Å². The fourth-order valence-corrected chi connectivity index (χ4v) is 3.15. The smallest absolute Gasteiger partial charge is 0.338 e. The van der Waals surface area contributed by atoms with E-state index in [1.165, 1.54) is 24.8 Å². The molecule has 8 nitrogen and oxygen atoms in total. The van der Waals surface area contributed by atoms with Crippen molar-refractivity contribution in [3.63, 3.8) is 0 Å². The molecule has 3 N–H and O–H groups in total. The number of imide groups is 1. The predicted molar refractivity (Wildman–Crippen MR) is 102 cm³/mol. The molecule has 0 spiro atoms. The standard InChI is InChI=1S/C18H23N3O5S/c1-10(15(23)20-17(25)21-18(2,3)4)26-16(24)11-5-6-13-12(9-11)19-14(22)7-8-27-13/h5-6,9-10H,7-8H2,1-4H3,(H,19,22)(H2,20,21,23,25)/t10-/m0/s1. The maximum absolute atomic E-state index is 12.3. The Morgan fingerprint density at radius 1 is 1.26 bits per heavy atom. The lowest BCUT2D eigenvalue weighted by Crippen LogP contribution is -2.50. The first-order chi connectivity index (χ1) is 12.5. The zero-order valence-electron chi connectivity index (χ0n) is 15.7. The normalized spacial score (nSPS) is 14.9. The number of benzene rings is 1. The number of carbonyl (C=O) groups is 4. The summed E-state index contributed by atoms with van der Waals surface area (Å²) < 4.78 is 5.13. The Morgan fingerprint density at radius 2 is 1.96 bits per heavy atom. The summed E-state index contributed by atoms with van der Waals surface area (Å²) in [5, 5.41) is 7.45. The SMILES string of the molecule is C[C@H](OC(=O)c1ccc2c(c1)NC(=O)CCS2)C(=O)NC(=O)NC(C)(C)C. The van der Waals surface area contributed by atoms with E-state index in [9.17, 15) is 19.2 Å². The molecule has 9 heteroatoms. The van der Waals surface area contributed by atoms with Crippen molar-refractivity contribution in [2.24, 2.45) is 0 Å². The topological polar surface area (TPSA) is 114 Å². The highest BCUT2D eigenvalue weighted by Gasteiger charge is 2.23. The van der Waals surface area contributed by atoms with E-state index < -0.39 is 29.6 Å². The highest BCUT2D eigenvalue weighted by molar-refractivity contribution is 7.99. The number of rotatable bonds is 3.